The van der Waals surface area contributed by atoms with Gasteiger partial charge in [-0.3, -0.25) is 4.79 Å². The first-order valence-electron chi connectivity index (χ1n) is 9.01. The van der Waals surface area contributed by atoms with E-state index in [1.807, 2.05) is 6.07 Å². The molecule has 1 aromatic rings. The maximum Gasteiger partial charge on any atom is 0.224 e. The van der Waals surface area contributed by atoms with E-state index in [1.54, 1.807) is 0 Å². The highest BCUT2D eigenvalue weighted by Gasteiger charge is 2.16. The third-order valence-corrected chi connectivity index (χ3v) is 6.38. The topological polar surface area (TPSA) is 41.1 Å². The van der Waals surface area contributed by atoms with E-state index >= 15 is 0 Å². The van der Waals surface area contributed by atoms with Crippen molar-refractivity contribution in [2.24, 2.45) is 5.92 Å². The molecule has 1 unspecified atom stereocenters. The van der Waals surface area contributed by atoms with Gasteiger partial charge in [0.25, 0.3) is 0 Å². The largest absolute Gasteiger partial charge is 0.326 e. The Morgan fingerprint density at radius 1 is 1.25 bits per heavy atom. The quantitative estimate of drug-likeness (QED) is 0.738. The van der Waals surface area contributed by atoms with Gasteiger partial charge in [-0.25, -0.2) is 0 Å². The molecular formula is C19H29ClN2OS. The number of halogens is 1. The normalized spacial score (nSPS) is 20.8. The van der Waals surface area contributed by atoms with E-state index in [0.29, 0.717) is 12.3 Å². The molecule has 2 N–H and O–H groups in total. The standard InChI is InChI=1S/C19H28N2OS.ClH/c22-19(9-8-15-10-11-20-13-15)21-17-5-3-4-16(12-17)14-23-18-6-1-2-7-18;/h3-5,12,15,18,20H,1-2,6-11,13-14H2,(H,21,22);1H. The highest BCUT2D eigenvalue weighted by atomic mass is 35.5. The van der Waals surface area contributed by atoms with E-state index in [2.05, 4.69) is 40.6 Å². The van der Waals surface area contributed by atoms with Gasteiger partial charge >= 0.3 is 0 Å². The Morgan fingerprint density at radius 2 is 2.08 bits per heavy atom. The van der Waals surface area contributed by atoms with Crippen molar-refractivity contribution >= 4 is 35.8 Å². The number of carbonyl (C=O) groups is 1. The van der Waals surface area contributed by atoms with Crippen molar-refractivity contribution in [2.45, 2.75) is 55.9 Å². The zero-order valence-electron chi connectivity index (χ0n) is 14.3. The minimum atomic E-state index is 0. The first kappa shape index (κ1) is 19.6. The van der Waals surface area contributed by atoms with Crippen molar-refractivity contribution in [3.8, 4) is 0 Å². The third-order valence-electron chi connectivity index (χ3n) is 4.94. The zero-order chi connectivity index (χ0) is 15.9. The molecule has 1 saturated heterocycles. The molecule has 3 nitrogen and oxygen atoms in total. The van der Waals surface area contributed by atoms with Crippen molar-refractivity contribution in [3.05, 3.63) is 29.8 Å². The van der Waals surface area contributed by atoms with E-state index in [0.717, 1.165) is 36.2 Å². The summed E-state index contributed by atoms with van der Waals surface area (Å²) in [5.74, 6) is 1.88. The maximum atomic E-state index is 12.1. The molecule has 3 rings (SSSR count). The van der Waals surface area contributed by atoms with Gasteiger partial charge in [0, 0.05) is 23.1 Å². The van der Waals surface area contributed by atoms with E-state index in [9.17, 15) is 4.79 Å². The number of anilines is 1. The minimum absolute atomic E-state index is 0. The number of nitrogens with one attached hydrogen (secondary N) is 2. The van der Waals surface area contributed by atoms with Gasteiger partial charge in [0.2, 0.25) is 5.91 Å². The van der Waals surface area contributed by atoms with Crippen LogP contribution in [0.3, 0.4) is 0 Å². The third kappa shape index (κ3) is 6.30. The molecule has 1 saturated carbocycles. The van der Waals surface area contributed by atoms with Crippen LogP contribution in [-0.4, -0.2) is 24.2 Å². The Kier molecular flexibility index (Phi) is 8.43. The molecule has 1 aromatic carbocycles. The second kappa shape index (κ2) is 10.3. The van der Waals surface area contributed by atoms with E-state index < -0.39 is 0 Å². The minimum Gasteiger partial charge on any atom is -0.326 e. The number of amides is 1. The van der Waals surface area contributed by atoms with Gasteiger partial charge in [0.1, 0.15) is 0 Å². The van der Waals surface area contributed by atoms with Gasteiger partial charge in [0.05, 0.1) is 0 Å². The Bertz CT molecular complexity index is 514. The van der Waals surface area contributed by atoms with Crippen molar-refractivity contribution in [3.63, 3.8) is 0 Å². The molecule has 1 aliphatic carbocycles. The molecule has 0 spiro atoms. The summed E-state index contributed by atoms with van der Waals surface area (Å²) in [6.45, 7) is 2.17. The summed E-state index contributed by atoms with van der Waals surface area (Å²) in [7, 11) is 0. The highest BCUT2D eigenvalue weighted by Crippen LogP contribution is 2.31. The van der Waals surface area contributed by atoms with Crippen molar-refractivity contribution in [1.82, 2.24) is 5.32 Å². The second-order valence-corrected chi connectivity index (χ2v) is 8.15. The summed E-state index contributed by atoms with van der Waals surface area (Å²) < 4.78 is 0. The molecule has 0 radical (unpaired) electrons. The van der Waals surface area contributed by atoms with Crippen LogP contribution in [0.1, 0.15) is 50.5 Å². The summed E-state index contributed by atoms with van der Waals surface area (Å²) in [4.78, 5) is 12.1. The SMILES string of the molecule is Cl.O=C(CCC1CCNC1)Nc1cccc(CSC2CCCC2)c1. The van der Waals surface area contributed by atoms with Gasteiger partial charge in [-0.15, -0.1) is 12.4 Å². The molecule has 5 heteroatoms. The fraction of sp³-hybridized carbons (Fsp3) is 0.632. The van der Waals surface area contributed by atoms with Crippen LogP contribution >= 0.6 is 24.2 Å². The van der Waals surface area contributed by atoms with E-state index in [-0.39, 0.29) is 18.3 Å². The highest BCUT2D eigenvalue weighted by molar-refractivity contribution is 7.99. The maximum absolute atomic E-state index is 12.1. The first-order chi connectivity index (χ1) is 11.3. The smallest absolute Gasteiger partial charge is 0.224 e. The van der Waals surface area contributed by atoms with Gasteiger partial charge in [-0.1, -0.05) is 25.0 Å². The fourth-order valence-electron chi connectivity index (χ4n) is 3.53. The Balaban J connectivity index is 0.00000208. The summed E-state index contributed by atoms with van der Waals surface area (Å²) in [5.41, 5.74) is 2.27. The second-order valence-electron chi connectivity index (χ2n) is 6.86. The van der Waals surface area contributed by atoms with Crippen LogP contribution in [0.2, 0.25) is 0 Å². The molecule has 1 amide bonds. The van der Waals surface area contributed by atoms with Crippen molar-refractivity contribution in [2.75, 3.05) is 18.4 Å². The van der Waals surface area contributed by atoms with Crippen LogP contribution in [0.15, 0.2) is 24.3 Å². The predicted octanol–water partition coefficient (Wildman–Crippen LogP) is 4.61. The molecule has 0 aromatic heterocycles. The molecule has 1 atom stereocenters. The van der Waals surface area contributed by atoms with Crippen molar-refractivity contribution < 1.29 is 4.79 Å². The molecule has 2 aliphatic rings. The van der Waals surface area contributed by atoms with Crippen LogP contribution in [-0.2, 0) is 10.5 Å². The van der Waals surface area contributed by atoms with Crippen LogP contribution in [0.25, 0.3) is 0 Å². The molecular weight excluding hydrogens is 340 g/mol. The van der Waals surface area contributed by atoms with Gasteiger partial charge in [-0.05, 0) is 62.4 Å². The molecule has 1 heterocycles. The van der Waals surface area contributed by atoms with Gasteiger partial charge in [-0.2, -0.15) is 11.8 Å². The fourth-order valence-corrected chi connectivity index (χ4v) is 4.80. The van der Waals surface area contributed by atoms with Crippen LogP contribution in [0.4, 0.5) is 5.69 Å². The molecule has 24 heavy (non-hydrogen) atoms. The van der Waals surface area contributed by atoms with E-state index in [1.165, 1.54) is 37.7 Å². The average Bonchev–Trinajstić information content (AvgIpc) is 3.25. The number of benzene rings is 1. The van der Waals surface area contributed by atoms with E-state index in [4.69, 9.17) is 0 Å². The molecule has 2 fully saturated rings. The monoisotopic (exact) mass is 368 g/mol. The number of carbonyl (C=O) groups excluding carboxylic acids is 1. The summed E-state index contributed by atoms with van der Waals surface area (Å²) >= 11 is 2.07. The lowest BCUT2D eigenvalue weighted by molar-refractivity contribution is -0.116. The summed E-state index contributed by atoms with van der Waals surface area (Å²) in [6.07, 6.45) is 8.37. The van der Waals surface area contributed by atoms with Gasteiger partial charge in [0.15, 0.2) is 0 Å². The Hall–Kier alpha value is -0.710. The number of hydrogen-bond donors (Lipinski definition) is 2. The predicted molar refractivity (Wildman–Crippen MR) is 106 cm³/mol. The Morgan fingerprint density at radius 3 is 2.83 bits per heavy atom. The lowest BCUT2D eigenvalue weighted by Gasteiger charge is -2.11. The molecule has 134 valence electrons. The lowest BCUT2D eigenvalue weighted by atomic mass is 10.0. The average molecular weight is 369 g/mol. The molecule has 1 aliphatic heterocycles. The first-order valence-corrected chi connectivity index (χ1v) is 10.1. The molecule has 0 bridgehead atoms. The van der Waals surface area contributed by atoms with Crippen LogP contribution in [0.5, 0.6) is 0 Å². The summed E-state index contributed by atoms with van der Waals surface area (Å²) in [5, 5.41) is 7.26. The zero-order valence-corrected chi connectivity index (χ0v) is 15.9. The lowest BCUT2D eigenvalue weighted by Crippen LogP contribution is -2.15. The number of rotatable bonds is 7. The number of hydrogen-bond acceptors (Lipinski definition) is 3. The van der Waals surface area contributed by atoms with Crippen LogP contribution in [0, 0.1) is 5.92 Å². The Labute approximate surface area is 156 Å². The van der Waals surface area contributed by atoms with Crippen LogP contribution < -0.4 is 10.6 Å². The van der Waals surface area contributed by atoms with Crippen molar-refractivity contribution in [1.29, 1.82) is 0 Å². The summed E-state index contributed by atoms with van der Waals surface area (Å²) in [6, 6.07) is 8.36. The van der Waals surface area contributed by atoms with Gasteiger partial charge < -0.3 is 10.6 Å². The number of thioether (sulfide) groups is 1.